The standard InChI is InChI=1S/C15H14N2OS.C10H15NO2S.C9H16O2.4CH4/c1-10(2)18-15-14(13-8-5-9-19-13)16-11-6-3-4-7-12(11)17-15;1-8(2)11-14(12,13)10-6-4-9(3)5-7-10;1-7(2)9(10)11-8-5-3-4-6-8;;;;/h3-10H,1-2H3;4-8,11H,1-3H3;7-8H,3-6H2,1-2H3;4*1H4. The van der Waals surface area contributed by atoms with Gasteiger partial charge < -0.3 is 9.47 Å². The van der Waals surface area contributed by atoms with Crippen LogP contribution in [0.2, 0.25) is 0 Å². The molecule has 0 aliphatic heterocycles. The highest BCUT2D eigenvalue weighted by Gasteiger charge is 2.20. The highest BCUT2D eigenvalue weighted by Crippen LogP contribution is 2.32. The predicted molar refractivity (Wildman–Crippen MR) is 205 cm³/mol. The van der Waals surface area contributed by atoms with Gasteiger partial charge in [0, 0.05) is 6.04 Å². The number of para-hydroxylation sites is 2. The largest absolute Gasteiger partial charge is 0.473 e. The van der Waals surface area contributed by atoms with Gasteiger partial charge in [-0.15, -0.1) is 11.3 Å². The average molecular weight is 704 g/mol. The maximum Gasteiger partial charge on any atom is 0.308 e. The molecule has 2 aromatic heterocycles. The molecular formula is C38H61N3O5S2. The van der Waals surface area contributed by atoms with Gasteiger partial charge in [-0.2, -0.15) is 0 Å². The van der Waals surface area contributed by atoms with Gasteiger partial charge in [0.1, 0.15) is 11.8 Å². The van der Waals surface area contributed by atoms with Crippen LogP contribution in [0.25, 0.3) is 21.6 Å². The van der Waals surface area contributed by atoms with Crippen LogP contribution in [0.3, 0.4) is 0 Å². The summed E-state index contributed by atoms with van der Waals surface area (Å²) in [7, 11) is -3.33. The van der Waals surface area contributed by atoms with Crippen LogP contribution in [0, 0.1) is 12.8 Å². The van der Waals surface area contributed by atoms with E-state index in [0.29, 0.717) is 10.8 Å². The molecule has 1 N–H and O–H groups in total. The van der Waals surface area contributed by atoms with Crippen LogP contribution >= 0.6 is 11.3 Å². The first-order valence-corrected chi connectivity index (χ1v) is 17.5. The summed E-state index contributed by atoms with van der Waals surface area (Å²) in [5.41, 5.74) is 3.62. The van der Waals surface area contributed by atoms with E-state index in [1.807, 2.05) is 76.4 Å². The highest BCUT2D eigenvalue weighted by atomic mass is 32.2. The minimum Gasteiger partial charge on any atom is -0.473 e. The first-order chi connectivity index (χ1) is 20.9. The lowest BCUT2D eigenvalue weighted by Gasteiger charge is -2.12. The zero-order valence-corrected chi connectivity index (χ0v) is 28.4. The molecule has 1 aliphatic carbocycles. The third-order valence-electron chi connectivity index (χ3n) is 6.42. The monoisotopic (exact) mass is 703 g/mol. The predicted octanol–water partition coefficient (Wildman–Crippen LogP) is 10.5. The van der Waals surface area contributed by atoms with Crippen LogP contribution in [0.15, 0.2) is 70.9 Å². The van der Waals surface area contributed by atoms with Gasteiger partial charge in [0.15, 0.2) is 0 Å². The summed E-state index contributed by atoms with van der Waals surface area (Å²) in [6.45, 7) is 13.3. The summed E-state index contributed by atoms with van der Waals surface area (Å²) in [6, 6.07) is 18.6. The van der Waals surface area contributed by atoms with Crippen LogP contribution in [-0.2, 0) is 19.6 Å². The first kappa shape index (κ1) is 46.8. The lowest BCUT2D eigenvalue weighted by Crippen LogP contribution is -2.30. The number of esters is 1. The molecule has 0 spiro atoms. The summed E-state index contributed by atoms with van der Waals surface area (Å²) in [5, 5.41) is 2.03. The van der Waals surface area contributed by atoms with Crippen molar-refractivity contribution in [1.82, 2.24) is 14.7 Å². The van der Waals surface area contributed by atoms with Crippen molar-refractivity contribution >= 4 is 38.4 Å². The Balaban J connectivity index is 0. The van der Waals surface area contributed by atoms with Crippen molar-refractivity contribution in [2.75, 3.05) is 0 Å². The average Bonchev–Trinajstić information content (AvgIpc) is 3.68. The molecule has 10 heteroatoms. The molecule has 270 valence electrons. The molecule has 2 heterocycles. The van der Waals surface area contributed by atoms with Crippen LogP contribution in [-0.4, -0.2) is 42.6 Å². The minimum atomic E-state index is -3.33. The molecule has 4 aromatic rings. The minimum absolute atomic E-state index is 0. The normalized spacial score (nSPS) is 12.3. The van der Waals surface area contributed by atoms with Crippen molar-refractivity contribution in [3.63, 3.8) is 0 Å². The molecule has 0 bridgehead atoms. The third-order valence-corrected chi connectivity index (χ3v) is 8.97. The molecule has 0 unspecified atom stereocenters. The number of nitrogens with one attached hydrogen (secondary N) is 1. The van der Waals surface area contributed by atoms with Gasteiger partial charge in [-0.1, -0.05) is 79.4 Å². The molecule has 2 aromatic carbocycles. The van der Waals surface area contributed by atoms with E-state index in [4.69, 9.17) is 14.5 Å². The van der Waals surface area contributed by atoms with Gasteiger partial charge in [-0.25, -0.2) is 23.1 Å². The van der Waals surface area contributed by atoms with Gasteiger partial charge in [-0.3, -0.25) is 4.79 Å². The van der Waals surface area contributed by atoms with Crippen LogP contribution in [0.4, 0.5) is 0 Å². The second kappa shape index (κ2) is 22.3. The number of hydrogen-bond acceptors (Lipinski definition) is 8. The topological polar surface area (TPSA) is 107 Å². The van der Waals surface area contributed by atoms with Gasteiger partial charge in [-0.05, 0) is 96.0 Å². The molecule has 0 amide bonds. The molecule has 8 nitrogen and oxygen atoms in total. The zero-order chi connectivity index (χ0) is 32.3. The number of rotatable bonds is 8. The van der Waals surface area contributed by atoms with Crippen LogP contribution < -0.4 is 9.46 Å². The fraction of sp³-hybridized carbons (Fsp3) is 0.500. The molecule has 1 fully saturated rings. The Kier molecular flexibility index (Phi) is 21.8. The summed E-state index contributed by atoms with van der Waals surface area (Å²) >= 11 is 1.64. The number of carbonyl (C=O) groups excluding carboxylic acids is 1. The molecule has 0 radical (unpaired) electrons. The molecule has 0 atom stereocenters. The van der Waals surface area contributed by atoms with Gasteiger partial charge >= 0.3 is 5.97 Å². The van der Waals surface area contributed by atoms with Crippen LogP contribution in [0.1, 0.15) is 102 Å². The third kappa shape index (κ3) is 14.8. The number of nitrogens with zero attached hydrogens (tertiary/aromatic N) is 2. The van der Waals surface area contributed by atoms with E-state index in [9.17, 15) is 13.2 Å². The van der Waals surface area contributed by atoms with Crippen LogP contribution in [0.5, 0.6) is 5.88 Å². The van der Waals surface area contributed by atoms with Gasteiger partial charge in [0.25, 0.3) is 0 Å². The van der Waals surface area contributed by atoms with Crippen molar-refractivity contribution in [1.29, 1.82) is 0 Å². The quantitative estimate of drug-likeness (QED) is 0.182. The molecular weight excluding hydrogens is 643 g/mol. The maximum absolute atomic E-state index is 11.6. The van der Waals surface area contributed by atoms with E-state index in [1.165, 1.54) is 12.8 Å². The first-order valence-electron chi connectivity index (χ1n) is 15.1. The molecule has 5 rings (SSSR count). The Morgan fingerprint density at radius 3 is 1.88 bits per heavy atom. The number of thiophene rings is 1. The summed E-state index contributed by atoms with van der Waals surface area (Å²) in [6.07, 6.45) is 4.88. The number of aromatic nitrogens is 2. The highest BCUT2D eigenvalue weighted by molar-refractivity contribution is 7.89. The van der Waals surface area contributed by atoms with Crippen molar-refractivity contribution in [2.24, 2.45) is 5.92 Å². The Morgan fingerprint density at radius 2 is 1.40 bits per heavy atom. The Bertz CT molecular complexity index is 1560. The Hall–Kier alpha value is -3.34. The van der Waals surface area contributed by atoms with E-state index in [1.54, 1.807) is 49.4 Å². The lowest BCUT2D eigenvalue weighted by atomic mass is 10.2. The van der Waals surface area contributed by atoms with Crippen molar-refractivity contribution in [3.05, 3.63) is 71.6 Å². The fourth-order valence-electron chi connectivity index (χ4n) is 4.27. The smallest absolute Gasteiger partial charge is 0.308 e. The molecule has 1 aliphatic rings. The molecule has 48 heavy (non-hydrogen) atoms. The number of sulfonamides is 1. The fourth-order valence-corrected chi connectivity index (χ4v) is 6.22. The van der Waals surface area contributed by atoms with Crippen molar-refractivity contribution < 1.29 is 22.7 Å². The van der Waals surface area contributed by atoms with E-state index < -0.39 is 10.0 Å². The number of fused-ring (bicyclic) bond motifs is 1. The maximum atomic E-state index is 11.6. The SMILES string of the molecule is C.C.C.C.CC(C)C(=O)OC1CCCC1.CC(C)Oc1nc2ccccc2nc1-c1cccs1.Cc1ccc(S(=O)(=O)NC(C)C)cc1. The van der Waals surface area contributed by atoms with Gasteiger partial charge in [0.05, 0.1) is 32.8 Å². The van der Waals surface area contributed by atoms with E-state index in [2.05, 4.69) is 9.71 Å². The lowest BCUT2D eigenvalue weighted by molar-refractivity contribution is -0.152. The number of carbonyl (C=O) groups is 1. The second-order valence-electron chi connectivity index (χ2n) is 11.6. The summed E-state index contributed by atoms with van der Waals surface area (Å²) in [4.78, 5) is 21.8. The Labute approximate surface area is 295 Å². The van der Waals surface area contributed by atoms with Crippen molar-refractivity contribution in [3.8, 4) is 16.5 Å². The van der Waals surface area contributed by atoms with E-state index in [-0.39, 0.29) is 59.8 Å². The molecule has 0 saturated heterocycles. The van der Waals surface area contributed by atoms with E-state index >= 15 is 0 Å². The second-order valence-corrected chi connectivity index (χ2v) is 14.3. The number of benzene rings is 2. The summed E-state index contributed by atoms with van der Waals surface area (Å²) in [5.74, 6) is 0.587. The van der Waals surface area contributed by atoms with Crippen molar-refractivity contribution in [2.45, 2.75) is 127 Å². The zero-order valence-electron chi connectivity index (χ0n) is 26.7. The molecule has 1 saturated carbocycles. The number of hydrogen-bond donors (Lipinski definition) is 1. The van der Waals surface area contributed by atoms with Gasteiger partial charge in [0.2, 0.25) is 15.9 Å². The Morgan fingerprint density at radius 1 is 0.833 bits per heavy atom. The van der Waals surface area contributed by atoms with E-state index in [0.717, 1.165) is 40.0 Å². The number of ether oxygens (including phenoxy) is 2. The number of aryl methyl sites for hydroxylation is 1. The summed E-state index contributed by atoms with van der Waals surface area (Å²) < 4.78 is 36.9.